The number of nitrogens with one attached hydrogen (secondary N) is 3. The van der Waals surface area contributed by atoms with Crippen LogP contribution in [0.25, 0.3) is 21.3 Å². The summed E-state index contributed by atoms with van der Waals surface area (Å²) in [4.78, 5) is 17.6. The van der Waals surface area contributed by atoms with Gasteiger partial charge in [0.05, 0.1) is 0 Å². The number of aromatic amines is 1. The van der Waals surface area contributed by atoms with Gasteiger partial charge in [0.2, 0.25) is 5.95 Å². The van der Waals surface area contributed by atoms with Crippen LogP contribution < -0.4 is 10.6 Å². The van der Waals surface area contributed by atoms with E-state index < -0.39 is 0 Å². The Balaban J connectivity index is 1.56. The number of anilines is 3. The van der Waals surface area contributed by atoms with E-state index in [-0.39, 0.29) is 5.54 Å². The van der Waals surface area contributed by atoms with Crippen molar-refractivity contribution >= 4 is 50.0 Å². The van der Waals surface area contributed by atoms with Gasteiger partial charge >= 0.3 is 0 Å². The number of hydrogen-bond donors (Lipinski definition) is 3. The van der Waals surface area contributed by atoms with Gasteiger partial charge in [-0.3, -0.25) is 0 Å². The maximum Gasteiger partial charge on any atom is 0.231 e. The summed E-state index contributed by atoms with van der Waals surface area (Å²) in [5.41, 5.74) is 2.45. The first kappa shape index (κ1) is 16.5. The van der Waals surface area contributed by atoms with Crippen molar-refractivity contribution in [2.75, 3.05) is 10.6 Å². The summed E-state index contributed by atoms with van der Waals surface area (Å²) < 4.78 is 1.27. The molecule has 0 amide bonds. The zero-order chi connectivity index (χ0) is 18.6. The Morgan fingerprint density at radius 2 is 1.96 bits per heavy atom. The van der Waals surface area contributed by atoms with Crippen LogP contribution in [0.4, 0.5) is 17.5 Å². The van der Waals surface area contributed by atoms with Gasteiger partial charge in [-0.1, -0.05) is 0 Å². The fraction of sp³-hybridized carbons (Fsp3) is 0.350. The van der Waals surface area contributed by atoms with E-state index in [0.717, 1.165) is 22.8 Å². The van der Waals surface area contributed by atoms with Crippen LogP contribution in [0.5, 0.6) is 0 Å². The molecule has 0 spiro atoms. The van der Waals surface area contributed by atoms with E-state index in [1.165, 1.54) is 22.9 Å². The first-order valence-corrected chi connectivity index (χ1v) is 10.1. The van der Waals surface area contributed by atoms with Crippen molar-refractivity contribution < 1.29 is 0 Å². The van der Waals surface area contributed by atoms with Crippen LogP contribution in [0, 0.1) is 0 Å². The fourth-order valence-corrected chi connectivity index (χ4v) is 3.91. The highest BCUT2D eigenvalue weighted by molar-refractivity contribution is 7.17. The van der Waals surface area contributed by atoms with Gasteiger partial charge < -0.3 is 15.6 Å². The van der Waals surface area contributed by atoms with Crippen LogP contribution in [0.1, 0.15) is 45.4 Å². The predicted octanol–water partition coefficient (Wildman–Crippen LogP) is 5.40. The smallest absolute Gasteiger partial charge is 0.231 e. The molecule has 3 N–H and O–H groups in total. The standard InChI is InChI=1S/C20H22N6S/c1-20(2,3)26-18-15-17(23-16(22-15)11-4-5-11)24-19(25-18)21-13-6-7-14-12(10-13)8-9-27-14/h6-11H,4-5H2,1-3H3,(H3,21,22,23,24,25,26). The third-order valence-corrected chi connectivity index (χ3v) is 5.43. The molecule has 1 aliphatic carbocycles. The topological polar surface area (TPSA) is 78.5 Å². The fourth-order valence-electron chi connectivity index (χ4n) is 3.14. The van der Waals surface area contributed by atoms with Gasteiger partial charge in [0, 0.05) is 21.8 Å². The van der Waals surface area contributed by atoms with Crippen LogP contribution in [-0.2, 0) is 0 Å². The monoisotopic (exact) mass is 378 g/mol. The molecule has 138 valence electrons. The van der Waals surface area contributed by atoms with Crippen molar-refractivity contribution in [1.29, 1.82) is 0 Å². The Labute approximate surface area is 161 Å². The molecule has 6 nitrogen and oxygen atoms in total. The number of fused-ring (bicyclic) bond motifs is 2. The summed E-state index contributed by atoms with van der Waals surface area (Å²) in [6.07, 6.45) is 2.39. The largest absolute Gasteiger partial charge is 0.364 e. The average molecular weight is 379 g/mol. The molecule has 3 aromatic heterocycles. The molecule has 0 radical (unpaired) electrons. The number of hydrogen-bond acceptors (Lipinski definition) is 6. The molecule has 3 heterocycles. The molecule has 1 aliphatic rings. The summed E-state index contributed by atoms with van der Waals surface area (Å²) in [7, 11) is 0. The third kappa shape index (κ3) is 3.35. The highest BCUT2D eigenvalue weighted by Crippen LogP contribution is 2.39. The molecule has 7 heteroatoms. The minimum Gasteiger partial charge on any atom is -0.364 e. The summed E-state index contributed by atoms with van der Waals surface area (Å²) in [5.74, 6) is 2.90. The van der Waals surface area contributed by atoms with Crippen molar-refractivity contribution in [3.05, 3.63) is 35.5 Å². The molecule has 5 rings (SSSR count). The number of rotatable bonds is 4. The van der Waals surface area contributed by atoms with E-state index in [1.54, 1.807) is 11.3 Å². The SMILES string of the molecule is CC(C)(C)Nc1nc(Nc2ccc3sccc3c2)nc2nc(C3CC3)[nH]c12. The van der Waals surface area contributed by atoms with E-state index in [4.69, 9.17) is 9.97 Å². The molecule has 27 heavy (non-hydrogen) atoms. The molecule has 1 saturated carbocycles. The van der Waals surface area contributed by atoms with Crippen LogP contribution in [0.15, 0.2) is 29.6 Å². The number of aromatic nitrogens is 4. The van der Waals surface area contributed by atoms with Gasteiger partial charge in [0.25, 0.3) is 0 Å². The van der Waals surface area contributed by atoms with Crippen LogP contribution in [-0.4, -0.2) is 25.5 Å². The lowest BCUT2D eigenvalue weighted by Gasteiger charge is -2.21. The molecule has 0 bridgehead atoms. The van der Waals surface area contributed by atoms with Crippen molar-refractivity contribution in [2.45, 2.75) is 45.1 Å². The Bertz CT molecular complexity index is 1130. The molecular formula is C20H22N6S. The molecule has 1 aromatic carbocycles. The molecule has 0 unspecified atom stereocenters. The molecule has 0 atom stereocenters. The normalized spacial score (nSPS) is 14.8. The van der Waals surface area contributed by atoms with Crippen molar-refractivity contribution in [1.82, 2.24) is 19.9 Å². The molecule has 1 fully saturated rings. The van der Waals surface area contributed by atoms with E-state index in [2.05, 4.69) is 71.0 Å². The lowest BCUT2D eigenvalue weighted by molar-refractivity contribution is 0.631. The maximum atomic E-state index is 4.74. The van der Waals surface area contributed by atoms with Gasteiger partial charge in [0.15, 0.2) is 11.5 Å². The second-order valence-corrected chi connectivity index (χ2v) is 9.11. The Kier molecular flexibility index (Phi) is 3.62. The van der Waals surface area contributed by atoms with Crippen LogP contribution in [0.3, 0.4) is 0 Å². The number of thiophene rings is 1. The second kappa shape index (κ2) is 5.92. The third-order valence-electron chi connectivity index (χ3n) is 4.54. The summed E-state index contributed by atoms with van der Waals surface area (Å²) in [6, 6.07) is 8.42. The van der Waals surface area contributed by atoms with Crippen molar-refractivity contribution in [3.8, 4) is 0 Å². The second-order valence-electron chi connectivity index (χ2n) is 8.16. The first-order chi connectivity index (χ1) is 12.9. The molecule has 4 aromatic rings. The average Bonchev–Trinajstić information content (AvgIpc) is 3.18. The van der Waals surface area contributed by atoms with E-state index in [0.29, 0.717) is 17.5 Å². The summed E-state index contributed by atoms with van der Waals surface area (Å²) in [5, 5.41) is 10.2. The maximum absolute atomic E-state index is 4.74. The summed E-state index contributed by atoms with van der Waals surface area (Å²) in [6.45, 7) is 6.37. The van der Waals surface area contributed by atoms with Gasteiger partial charge in [-0.2, -0.15) is 9.97 Å². The molecular weight excluding hydrogens is 356 g/mol. The van der Waals surface area contributed by atoms with E-state index in [1.807, 2.05) is 0 Å². The minimum atomic E-state index is -0.112. The van der Waals surface area contributed by atoms with E-state index >= 15 is 0 Å². The van der Waals surface area contributed by atoms with Gasteiger partial charge in [-0.15, -0.1) is 11.3 Å². The van der Waals surface area contributed by atoms with Crippen LogP contribution >= 0.6 is 11.3 Å². The number of nitrogens with zero attached hydrogens (tertiary/aromatic N) is 3. The first-order valence-electron chi connectivity index (χ1n) is 9.25. The van der Waals surface area contributed by atoms with Gasteiger partial charge in [-0.25, -0.2) is 4.98 Å². The van der Waals surface area contributed by atoms with E-state index in [9.17, 15) is 0 Å². The Morgan fingerprint density at radius 3 is 2.74 bits per heavy atom. The zero-order valence-corrected chi connectivity index (χ0v) is 16.4. The van der Waals surface area contributed by atoms with Crippen molar-refractivity contribution in [3.63, 3.8) is 0 Å². The lowest BCUT2D eigenvalue weighted by atomic mass is 10.1. The molecule has 0 aliphatic heterocycles. The number of benzene rings is 1. The number of imidazole rings is 1. The highest BCUT2D eigenvalue weighted by atomic mass is 32.1. The number of H-pyrrole nitrogens is 1. The lowest BCUT2D eigenvalue weighted by Crippen LogP contribution is -2.27. The summed E-state index contributed by atoms with van der Waals surface area (Å²) >= 11 is 1.74. The minimum absolute atomic E-state index is 0.112. The Hall–Kier alpha value is -2.67. The highest BCUT2D eigenvalue weighted by Gasteiger charge is 2.28. The quantitative estimate of drug-likeness (QED) is 0.443. The Morgan fingerprint density at radius 1 is 1.11 bits per heavy atom. The van der Waals surface area contributed by atoms with Crippen molar-refractivity contribution in [2.24, 2.45) is 0 Å². The molecule has 0 saturated heterocycles. The zero-order valence-electron chi connectivity index (χ0n) is 15.6. The predicted molar refractivity (Wildman–Crippen MR) is 112 cm³/mol. The van der Waals surface area contributed by atoms with Crippen LogP contribution in [0.2, 0.25) is 0 Å². The van der Waals surface area contributed by atoms with Gasteiger partial charge in [0.1, 0.15) is 11.3 Å². The van der Waals surface area contributed by atoms with Gasteiger partial charge in [-0.05, 0) is 68.6 Å².